The van der Waals surface area contributed by atoms with E-state index in [1.54, 1.807) is 0 Å². The van der Waals surface area contributed by atoms with Crippen molar-refractivity contribution in [2.75, 3.05) is 26.4 Å². The Bertz CT molecular complexity index is 997. The summed E-state index contributed by atoms with van der Waals surface area (Å²) < 4.78 is 33.8. The van der Waals surface area contributed by atoms with E-state index >= 15 is 0 Å². The average molecular weight is 749 g/mol. The van der Waals surface area contributed by atoms with Crippen molar-refractivity contribution in [3.63, 3.8) is 0 Å². The van der Waals surface area contributed by atoms with Crippen LogP contribution < -0.4 is 0 Å². The van der Waals surface area contributed by atoms with Gasteiger partial charge in [0.1, 0.15) is 0 Å². The third-order valence-corrected chi connectivity index (χ3v) is 11.8. The minimum Gasteiger partial charge on any atom is -0.465 e. The molecular weight excluding hydrogens is 676 g/mol. The van der Waals surface area contributed by atoms with Gasteiger partial charge in [0.15, 0.2) is 0 Å². The van der Waals surface area contributed by atoms with Crippen LogP contribution in [0.15, 0.2) is 0 Å². The highest BCUT2D eigenvalue weighted by Crippen LogP contribution is 2.45. The van der Waals surface area contributed by atoms with Crippen molar-refractivity contribution in [3.05, 3.63) is 0 Å². The van der Waals surface area contributed by atoms with E-state index in [1.807, 2.05) is 0 Å². The van der Waals surface area contributed by atoms with Crippen molar-refractivity contribution < 1.29 is 47.6 Å². The highest BCUT2D eigenvalue weighted by molar-refractivity contribution is 5.83. The van der Waals surface area contributed by atoms with Crippen molar-refractivity contribution in [3.8, 4) is 0 Å². The molecule has 0 bridgehead atoms. The van der Waals surface area contributed by atoms with Gasteiger partial charge in [-0.1, -0.05) is 123 Å². The molecule has 0 aromatic carbocycles. The number of carbonyl (C=O) groups is 4. The SMILES string of the molecule is CCCCCCCCCCOC(=O)C1CC2OC2CC1C(=O)OCCCCCCCOC(=O)C1CC2OC2CC1C(=O)OCCCCCCCCCC. The fourth-order valence-corrected chi connectivity index (χ4v) is 8.21. The maximum absolute atomic E-state index is 13.0. The van der Waals surface area contributed by atoms with Crippen molar-refractivity contribution in [2.45, 2.75) is 199 Å². The number of carbonyl (C=O) groups excluding carboxylic acids is 4. The van der Waals surface area contributed by atoms with Crippen LogP contribution in [0.25, 0.3) is 0 Å². The largest absolute Gasteiger partial charge is 0.465 e. The summed E-state index contributed by atoms with van der Waals surface area (Å²) >= 11 is 0. The minimum absolute atomic E-state index is 0.0553. The zero-order valence-corrected chi connectivity index (χ0v) is 33.2. The topological polar surface area (TPSA) is 130 Å². The Morgan fingerprint density at radius 1 is 0.358 bits per heavy atom. The molecule has 0 radical (unpaired) electrons. The number of fused-ring (bicyclic) bond motifs is 2. The molecule has 4 rings (SSSR count). The molecule has 0 amide bonds. The van der Waals surface area contributed by atoms with Crippen LogP contribution in [0.3, 0.4) is 0 Å². The predicted molar refractivity (Wildman–Crippen MR) is 202 cm³/mol. The molecule has 10 nitrogen and oxygen atoms in total. The van der Waals surface area contributed by atoms with Crippen molar-refractivity contribution in [1.29, 1.82) is 0 Å². The first kappa shape index (κ1) is 43.5. The van der Waals surface area contributed by atoms with Crippen LogP contribution in [0.4, 0.5) is 0 Å². The van der Waals surface area contributed by atoms with Gasteiger partial charge >= 0.3 is 23.9 Å². The molecule has 2 aliphatic heterocycles. The molecule has 0 N–H and O–H groups in total. The summed E-state index contributed by atoms with van der Waals surface area (Å²) in [5.74, 6) is -3.20. The van der Waals surface area contributed by atoms with E-state index in [0.29, 0.717) is 52.1 Å². The van der Waals surface area contributed by atoms with Crippen LogP contribution >= 0.6 is 0 Å². The molecule has 2 saturated carbocycles. The summed E-state index contributed by atoms with van der Waals surface area (Å²) in [5, 5.41) is 0. The van der Waals surface area contributed by atoms with Gasteiger partial charge in [0.2, 0.25) is 0 Å². The number of unbranched alkanes of at least 4 members (excludes halogenated alkanes) is 18. The lowest BCUT2D eigenvalue weighted by molar-refractivity contribution is -0.162. The van der Waals surface area contributed by atoms with E-state index in [2.05, 4.69) is 13.8 Å². The Morgan fingerprint density at radius 3 is 0.792 bits per heavy atom. The van der Waals surface area contributed by atoms with Gasteiger partial charge in [-0.15, -0.1) is 0 Å². The fourth-order valence-electron chi connectivity index (χ4n) is 8.21. The highest BCUT2D eigenvalue weighted by atomic mass is 16.6. The molecule has 8 unspecified atom stereocenters. The molecule has 0 aromatic heterocycles. The van der Waals surface area contributed by atoms with Crippen LogP contribution in [0.5, 0.6) is 0 Å². The lowest BCUT2D eigenvalue weighted by atomic mass is 9.79. The molecule has 2 saturated heterocycles. The van der Waals surface area contributed by atoms with E-state index in [9.17, 15) is 19.2 Å². The zero-order valence-electron chi connectivity index (χ0n) is 33.2. The second kappa shape index (κ2) is 25.1. The molecular formula is C43H72O10. The normalized spacial score (nSPS) is 26.9. The maximum atomic E-state index is 13.0. The molecule has 53 heavy (non-hydrogen) atoms. The number of hydrogen-bond acceptors (Lipinski definition) is 10. The minimum atomic E-state index is -0.502. The van der Waals surface area contributed by atoms with Gasteiger partial charge in [-0.25, -0.2) is 0 Å². The van der Waals surface area contributed by atoms with Crippen LogP contribution in [0, 0.1) is 23.7 Å². The summed E-state index contributed by atoms with van der Waals surface area (Å²) in [7, 11) is 0. The molecule has 2 heterocycles. The zero-order chi connectivity index (χ0) is 37.7. The second-order valence-corrected chi connectivity index (χ2v) is 16.2. The number of hydrogen-bond donors (Lipinski definition) is 0. The Balaban J connectivity index is 1.01. The number of rotatable bonds is 30. The molecule has 8 atom stereocenters. The first-order chi connectivity index (χ1) is 25.9. The van der Waals surface area contributed by atoms with E-state index in [0.717, 1.165) is 57.8 Å². The third kappa shape index (κ3) is 16.2. The molecule has 4 fully saturated rings. The quantitative estimate of drug-likeness (QED) is 0.0304. The summed E-state index contributed by atoms with van der Waals surface area (Å²) in [4.78, 5) is 51.9. The van der Waals surface area contributed by atoms with E-state index in [-0.39, 0.29) is 48.3 Å². The number of epoxide rings is 2. The summed E-state index contributed by atoms with van der Waals surface area (Å²) in [6, 6.07) is 0. The Labute approximate surface area is 319 Å². The molecule has 10 heteroatoms. The standard InChI is InChI=1S/C43H72O10/c1-3-5-7-9-11-13-16-20-24-48-40(44)32-28-36-38(52-36)30-34(32)42(46)50-26-22-18-15-19-23-27-51-43(47)35-31-39-37(53-39)29-33(35)41(45)49-25-21-17-14-12-10-8-6-4-2/h32-39H,3-31H2,1-2H3. The molecule has 4 aliphatic rings. The molecule has 304 valence electrons. The van der Waals surface area contributed by atoms with Crippen molar-refractivity contribution >= 4 is 23.9 Å². The van der Waals surface area contributed by atoms with E-state index in [1.165, 1.54) is 77.0 Å². The third-order valence-electron chi connectivity index (χ3n) is 11.8. The lowest BCUT2D eigenvalue weighted by Crippen LogP contribution is -2.38. The average Bonchev–Trinajstić information content (AvgIpc) is 4.10. The van der Waals surface area contributed by atoms with Gasteiger partial charge < -0.3 is 28.4 Å². The predicted octanol–water partition coefficient (Wildman–Crippen LogP) is 8.98. The summed E-state index contributed by atoms with van der Waals surface area (Å²) in [6.45, 7) is 5.90. The highest BCUT2D eigenvalue weighted by Gasteiger charge is 2.54. The fraction of sp³-hybridized carbons (Fsp3) is 0.907. The number of ether oxygens (including phenoxy) is 6. The molecule has 2 aliphatic carbocycles. The molecule has 0 aromatic rings. The van der Waals surface area contributed by atoms with Gasteiger partial charge in [-0.2, -0.15) is 0 Å². The monoisotopic (exact) mass is 749 g/mol. The van der Waals surface area contributed by atoms with Crippen LogP contribution in [0.2, 0.25) is 0 Å². The van der Waals surface area contributed by atoms with Gasteiger partial charge in [-0.05, 0) is 51.4 Å². The Kier molecular flexibility index (Phi) is 20.6. The second-order valence-electron chi connectivity index (χ2n) is 16.2. The van der Waals surface area contributed by atoms with Gasteiger partial charge in [0.25, 0.3) is 0 Å². The molecule has 0 spiro atoms. The van der Waals surface area contributed by atoms with E-state index in [4.69, 9.17) is 28.4 Å². The lowest BCUT2D eigenvalue weighted by Gasteiger charge is -2.26. The summed E-state index contributed by atoms with van der Waals surface area (Å²) in [5.41, 5.74) is 0. The van der Waals surface area contributed by atoms with Crippen molar-refractivity contribution in [1.82, 2.24) is 0 Å². The maximum Gasteiger partial charge on any atom is 0.309 e. The van der Waals surface area contributed by atoms with Gasteiger partial charge in [0.05, 0.1) is 74.5 Å². The Hall–Kier alpha value is -2.20. The smallest absolute Gasteiger partial charge is 0.309 e. The first-order valence-electron chi connectivity index (χ1n) is 21.9. The van der Waals surface area contributed by atoms with Crippen molar-refractivity contribution in [2.24, 2.45) is 23.7 Å². The number of esters is 4. The van der Waals surface area contributed by atoms with Crippen LogP contribution in [-0.4, -0.2) is 74.7 Å². The van der Waals surface area contributed by atoms with Crippen LogP contribution in [-0.2, 0) is 47.6 Å². The van der Waals surface area contributed by atoms with Gasteiger partial charge in [-0.3, -0.25) is 19.2 Å². The summed E-state index contributed by atoms with van der Waals surface area (Å²) in [6.07, 6.45) is 25.4. The Morgan fingerprint density at radius 2 is 0.566 bits per heavy atom. The van der Waals surface area contributed by atoms with Gasteiger partial charge in [0, 0.05) is 0 Å². The van der Waals surface area contributed by atoms with E-state index < -0.39 is 23.7 Å². The van der Waals surface area contributed by atoms with Crippen LogP contribution in [0.1, 0.15) is 174 Å². The first-order valence-corrected chi connectivity index (χ1v) is 21.9.